The Labute approximate surface area is 480 Å². The highest BCUT2D eigenvalue weighted by molar-refractivity contribution is 7.00. The zero-order chi connectivity index (χ0) is 56.1. The zero-order valence-electron chi connectivity index (χ0n) is 49.9. The first-order valence-electron chi connectivity index (χ1n) is 30.1. The van der Waals surface area contributed by atoms with E-state index in [0.717, 1.165) is 112 Å². The van der Waals surface area contributed by atoms with Gasteiger partial charge in [0.25, 0.3) is 6.71 Å². The van der Waals surface area contributed by atoms with Gasteiger partial charge in [0.15, 0.2) is 0 Å². The first-order chi connectivity index (χ1) is 38.5. The van der Waals surface area contributed by atoms with Crippen LogP contribution in [0, 0.1) is 6.92 Å². The molecule has 2 aromatic heterocycles. The van der Waals surface area contributed by atoms with Crippen LogP contribution < -0.4 is 31.3 Å². The molecule has 6 heteroatoms. The molecule has 10 aromatic rings. The summed E-state index contributed by atoms with van der Waals surface area (Å²) in [6, 6.07) is 58.2. The Kier molecular flexibility index (Phi) is 10.5. The lowest BCUT2D eigenvalue weighted by atomic mass is 9.35. The molecule has 15 rings (SSSR count). The molecule has 0 unspecified atom stereocenters. The fraction of sp³-hybridized carbons (Fsp3) is 0.333. The molecule has 0 spiro atoms. The van der Waals surface area contributed by atoms with Crippen molar-refractivity contribution < 1.29 is 8.83 Å². The summed E-state index contributed by atoms with van der Waals surface area (Å²) in [5.41, 5.74) is 26.4. The summed E-state index contributed by atoms with van der Waals surface area (Å²) in [7, 11) is 0. The fourth-order valence-corrected chi connectivity index (χ4v) is 15.5. The molecule has 0 amide bonds. The maximum Gasteiger partial charge on any atom is 0.297 e. The number of furan rings is 2. The van der Waals surface area contributed by atoms with Gasteiger partial charge in [-0.15, -0.1) is 0 Å². The van der Waals surface area contributed by atoms with Gasteiger partial charge in [-0.2, -0.15) is 0 Å². The van der Waals surface area contributed by atoms with Gasteiger partial charge in [-0.25, -0.2) is 0 Å². The zero-order valence-corrected chi connectivity index (χ0v) is 49.9. The molecule has 4 heterocycles. The highest BCUT2D eigenvalue weighted by Crippen LogP contribution is 2.56. The van der Waals surface area contributed by atoms with Crippen LogP contribution in [0.25, 0.3) is 32.9 Å². The van der Waals surface area contributed by atoms with E-state index in [9.17, 15) is 0 Å². The molecule has 0 saturated carbocycles. The van der Waals surface area contributed by atoms with E-state index in [-0.39, 0.29) is 39.2 Å². The molecular formula is C75H76BN3O2. The van der Waals surface area contributed by atoms with Crippen LogP contribution in [0.2, 0.25) is 0 Å². The Morgan fingerprint density at radius 1 is 0.383 bits per heavy atom. The average Bonchev–Trinajstić information content (AvgIpc) is 3.10. The lowest BCUT2D eigenvalue weighted by Crippen LogP contribution is -2.61. The van der Waals surface area contributed by atoms with Crippen molar-refractivity contribution in [3.8, 4) is 0 Å². The second kappa shape index (κ2) is 16.8. The molecular weight excluding hydrogens is 986 g/mol. The van der Waals surface area contributed by atoms with Crippen LogP contribution in [0.4, 0.5) is 51.2 Å². The van der Waals surface area contributed by atoms with E-state index in [1.54, 1.807) is 0 Å². The fourth-order valence-electron chi connectivity index (χ4n) is 15.5. The number of rotatable bonds is 5. The number of nitrogens with zero attached hydrogens (tertiary/aromatic N) is 3. The van der Waals surface area contributed by atoms with E-state index in [1.807, 2.05) is 0 Å². The summed E-state index contributed by atoms with van der Waals surface area (Å²) in [6.45, 7) is 31.5. The van der Waals surface area contributed by atoms with Gasteiger partial charge in [-0.3, -0.25) is 0 Å². The minimum Gasteiger partial charge on any atom is -0.468 e. The van der Waals surface area contributed by atoms with Crippen molar-refractivity contribution in [2.45, 2.75) is 161 Å². The van der Waals surface area contributed by atoms with Gasteiger partial charge in [0, 0.05) is 62.0 Å². The molecule has 0 radical (unpaired) electrons. The van der Waals surface area contributed by atoms with Gasteiger partial charge >= 0.3 is 0 Å². The Balaban J connectivity index is 1.10. The third-order valence-electron chi connectivity index (χ3n) is 20.9. The predicted molar refractivity (Wildman–Crippen MR) is 343 cm³/mol. The van der Waals surface area contributed by atoms with Crippen LogP contribution in [0.1, 0.15) is 161 Å². The van der Waals surface area contributed by atoms with E-state index in [4.69, 9.17) is 8.83 Å². The van der Waals surface area contributed by atoms with Crippen LogP contribution >= 0.6 is 0 Å². The molecule has 406 valence electrons. The smallest absolute Gasteiger partial charge is 0.297 e. The predicted octanol–water partition coefficient (Wildman–Crippen LogP) is 19.2. The van der Waals surface area contributed by atoms with E-state index < -0.39 is 0 Å². The molecule has 0 N–H and O–H groups in total. The Morgan fingerprint density at radius 3 is 1.58 bits per heavy atom. The highest BCUT2D eigenvalue weighted by atomic mass is 16.3. The first-order valence-corrected chi connectivity index (χ1v) is 30.1. The second-order valence-corrected chi connectivity index (χ2v) is 29.0. The molecule has 0 fully saturated rings. The lowest BCUT2D eigenvalue weighted by molar-refractivity contribution is 0.332. The Bertz CT molecular complexity index is 4280. The van der Waals surface area contributed by atoms with Gasteiger partial charge in [-0.05, 0) is 207 Å². The van der Waals surface area contributed by atoms with Crippen molar-refractivity contribution in [2.75, 3.05) is 14.7 Å². The number of benzene rings is 8. The van der Waals surface area contributed by atoms with Crippen LogP contribution in [-0.2, 0) is 32.5 Å². The van der Waals surface area contributed by atoms with E-state index in [0.29, 0.717) is 0 Å². The molecule has 0 atom stereocenters. The van der Waals surface area contributed by atoms with E-state index >= 15 is 0 Å². The third-order valence-corrected chi connectivity index (χ3v) is 20.9. The number of para-hydroxylation sites is 2. The van der Waals surface area contributed by atoms with Crippen molar-refractivity contribution in [1.29, 1.82) is 0 Å². The molecule has 0 bridgehead atoms. The number of hydrogen-bond donors (Lipinski definition) is 0. The molecule has 2 aliphatic heterocycles. The summed E-state index contributed by atoms with van der Waals surface area (Å²) in [5, 5.41) is 3.41. The van der Waals surface area contributed by atoms with Crippen molar-refractivity contribution >= 4 is 107 Å². The monoisotopic (exact) mass is 1060 g/mol. The summed E-state index contributed by atoms with van der Waals surface area (Å²) >= 11 is 0. The lowest BCUT2D eigenvalue weighted by Gasteiger charge is -2.47. The molecule has 8 aromatic carbocycles. The minimum atomic E-state index is -0.214. The van der Waals surface area contributed by atoms with Crippen LogP contribution in [0.15, 0.2) is 160 Å². The Morgan fingerprint density at radius 2 is 0.914 bits per heavy atom. The molecule has 5 nitrogen and oxygen atoms in total. The quantitative estimate of drug-likeness (QED) is 0.161. The van der Waals surface area contributed by atoms with Crippen LogP contribution in [0.5, 0.6) is 0 Å². The summed E-state index contributed by atoms with van der Waals surface area (Å²) in [6.07, 6.45) is 6.81. The maximum atomic E-state index is 7.80. The minimum absolute atomic E-state index is 0.00171. The van der Waals surface area contributed by atoms with E-state index in [2.05, 4.69) is 256 Å². The number of aryl methyl sites for hydroxylation is 1. The van der Waals surface area contributed by atoms with Gasteiger partial charge < -0.3 is 23.5 Å². The normalized spacial score (nSPS) is 19.1. The number of anilines is 9. The maximum absolute atomic E-state index is 7.80. The van der Waals surface area contributed by atoms with Crippen molar-refractivity contribution in [1.82, 2.24) is 0 Å². The summed E-state index contributed by atoms with van der Waals surface area (Å²) < 4.78 is 14.5. The summed E-state index contributed by atoms with van der Waals surface area (Å²) in [4.78, 5) is 7.73. The number of fused-ring (bicyclic) bond motifs is 12. The van der Waals surface area contributed by atoms with Gasteiger partial charge in [0.1, 0.15) is 16.7 Å². The molecule has 81 heavy (non-hydrogen) atoms. The number of hydrogen-bond acceptors (Lipinski definition) is 5. The second-order valence-electron chi connectivity index (χ2n) is 29.0. The van der Waals surface area contributed by atoms with Gasteiger partial charge in [0.05, 0.1) is 17.0 Å². The molecule has 0 saturated heterocycles. The largest absolute Gasteiger partial charge is 0.468 e. The third kappa shape index (κ3) is 7.43. The van der Waals surface area contributed by atoms with E-state index in [1.165, 1.54) is 66.6 Å². The average molecular weight is 1060 g/mol. The van der Waals surface area contributed by atoms with Crippen molar-refractivity contribution in [3.63, 3.8) is 0 Å². The van der Waals surface area contributed by atoms with Gasteiger partial charge in [0.2, 0.25) is 0 Å². The van der Waals surface area contributed by atoms with Crippen molar-refractivity contribution in [3.05, 3.63) is 191 Å². The van der Waals surface area contributed by atoms with Crippen LogP contribution in [-0.4, -0.2) is 6.71 Å². The summed E-state index contributed by atoms with van der Waals surface area (Å²) in [5.74, 6) is 0. The SMILES string of the molecule is Cc1ccc(N2c3cc(N(c4ccccc4)c4ccc5c(c4)oc4ccccc45)cc4c3B(c3cc5c(cc3N4c3ccc4c(c3)C(C)(C)CCC4(C)C)C(C)(C)CCC5(C)C)c3oc4cc5c(cc4c32)C(C)(C)CCC5(C)C)cc1. The molecule has 3 aliphatic carbocycles. The molecule has 5 aliphatic rings. The van der Waals surface area contributed by atoms with Gasteiger partial charge in [-0.1, -0.05) is 149 Å². The highest BCUT2D eigenvalue weighted by Gasteiger charge is 2.51. The Hall–Kier alpha value is -7.44. The van der Waals surface area contributed by atoms with Crippen molar-refractivity contribution in [2.24, 2.45) is 0 Å². The van der Waals surface area contributed by atoms with Crippen LogP contribution in [0.3, 0.4) is 0 Å². The topological polar surface area (TPSA) is 36.0 Å². The standard InChI is InChI=1S/C75H76BN3O2/c1-45-23-25-47(26-24-45)79-63-39-50(77(46-19-15-14-16-20-46)49-27-29-52-51-21-17-18-22-64(51)80-65(52)40-49)38-62-67(63)76(69-68(79)53-41-56-59(44-66(53)81-69)75(12,13)36-33-72(56,6)7)60-42-57-58(74(10,11)35-34-73(57,8)9)43-61(60)78(62)48-28-30-54-55(37-48)71(4,5)32-31-70(54,2)3/h14-30,37-44H,31-36H2,1-13H3. The first kappa shape index (κ1) is 50.5.